The zero-order valence-corrected chi connectivity index (χ0v) is 14.0. The highest BCUT2D eigenvalue weighted by Crippen LogP contribution is 2.15. The van der Waals surface area contributed by atoms with E-state index in [0.717, 1.165) is 0 Å². The number of aryl methyl sites for hydroxylation is 1. The minimum absolute atomic E-state index is 0.0154. The van der Waals surface area contributed by atoms with E-state index < -0.39 is 5.60 Å². The topological polar surface area (TPSA) is 96.7 Å². The molecule has 3 amide bonds. The summed E-state index contributed by atoms with van der Waals surface area (Å²) < 4.78 is 10.2. The monoisotopic (exact) mass is 324 g/mol. The van der Waals surface area contributed by atoms with Gasteiger partial charge in [0.05, 0.1) is 0 Å². The summed E-state index contributed by atoms with van der Waals surface area (Å²) in [4.78, 5) is 25.5. The molecule has 0 saturated carbocycles. The Kier molecular flexibility index (Phi) is 5.12. The van der Waals surface area contributed by atoms with Crippen molar-refractivity contribution in [1.82, 2.24) is 15.4 Å². The standard InChI is InChI=1S/C15H24N4O4/c1-10-9-12(18-23-10)17-13(20)16-11-5-7-19(8-6-11)14(21)22-15(2,3)4/h9,11H,5-8H2,1-4H3,(H2,16,17,18,20). The lowest BCUT2D eigenvalue weighted by Gasteiger charge is -2.33. The normalized spacial score (nSPS) is 16.1. The molecule has 1 fully saturated rings. The van der Waals surface area contributed by atoms with Crippen LogP contribution in [0.15, 0.2) is 10.6 Å². The fourth-order valence-electron chi connectivity index (χ4n) is 2.30. The van der Waals surface area contributed by atoms with Crippen molar-refractivity contribution in [2.24, 2.45) is 0 Å². The SMILES string of the molecule is Cc1cc(NC(=O)NC2CCN(C(=O)OC(C)(C)C)CC2)no1. The first-order chi connectivity index (χ1) is 10.7. The van der Waals surface area contributed by atoms with Gasteiger partial charge < -0.3 is 19.5 Å². The number of carbonyl (C=O) groups is 2. The maximum atomic E-state index is 12.0. The van der Waals surface area contributed by atoms with Crippen molar-refractivity contribution in [2.45, 2.75) is 52.2 Å². The van der Waals surface area contributed by atoms with Crippen LogP contribution in [0.1, 0.15) is 39.4 Å². The van der Waals surface area contributed by atoms with Gasteiger partial charge in [-0.25, -0.2) is 9.59 Å². The number of hydrogen-bond donors (Lipinski definition) is 2. The van der Waals surface area contributed by atoms with Gasteiger partial charge in [0.2, 0.25) is 0 Å². The van der Waals surface area contributed by atoms with Crippen LogP contribution in [0.2, 0.25) is 0 Å². The number of anilines is 1. The summed E-state index contributed by atoms with van der Waals surface area (Å²) in [5.41, 5.74) is -0.498. The fourth-order valence-corrected chi connectivity index (χ4v) is 2.30. The van der Waals surface area contributed by atoms with E-state index in [0.29, 0.717) is 37.5 Å². The molecule has 1 aliphatic rings. The highest BCUT2D eigenvalue weighted by Gasteiger charge is 2.27. The minimum Gasteiger partial charge on any atom is -0.444 e. The van der Waals surface area contributed by atoms with Gasteiger partial charge in [-0.05, 0) is 40.5 Å². The van der Waals surface area contributed by atoms with Crippen molar-refractivity contribution in [3.05, 3.63) is 11.8 Å². The van der Waals surface area contributed by atoms with E-state index in [2.05, 4.69) is 15.8 Å². The van der Waals surface area contributed by atoms with Gasteiger partial charge in [-0.2, -0.15) is 0 Å². The Bertz CT molecular complexity index is 556. The maximum absolute atomic E-state index is 12.0. The molecule has 23 heavy (non-hydrogen) atoms. The number of urea groups is 1. The maximum Gasteiger partial charge on any atom is 0.410 e. The third kappa shape index (κ3) is 5.46. The van der Waals surface area contributed by atoms with Crippen LogP contribution in [0.5, 0.6) is 0 Å². The zero-order chi connectivity index (χ0) is 17.0. The molecule has 0 atom stereocenters. The van der Waals surface area contributed by atoms with Crippen LogP contribution >= 0.6 is 0 Å². The summed E-state index contributed by atoms with van der Waals surface area (Å²) in [5, 5.41) is 9.19. The van der Waals surface area contributed by atoms with Crippen LogP contribution < -0.4 is 10.6 Å². The van der Waals surface area contributed by atoms with E-state index in [1.165, 1.54) is 0 Å². The van der Waals surface area contributed by atoms with E-state index in [4.69, 9.17) is 9.26 Å². The van der Waals surface area contributed by atoms with Crippen molar-refractivity contribution in [3.8, 4) is 0 Å². The molecule has 0 aliphatic carbocycles. The lowest BCUT2D eigenvalue weighted by atomic mass is 10.1. The Balaban J connectivity index is 1.74. The molecule has 2 rings (SSSR count). The third-order valence-corrected chi connectivity index (χ3v) is 3.35. The molecule has 0 bridgehead atoms. The summed E-state index contributed by atoms with van der Waals surface area (Å²) in [6.45, 7) is 8.40. The fraction of sp³-hybridized carbons (Fsp3) is 0.667. The number of hydrogen-bond acceptors (Lipinski definition) is 5. The Morgan fingerprint density at radius 2 is 2.00 bits per heavy atom. The van der Waals surface area contributed by atoms with Gasteiger partial charge in [-0.1, -0.05) is 5.16 Å². The van der Waals surface area contributed by atoms with Crippen molar-refractivity contribution in [3.63, 3.8) is 0 Å². The number of aromatic nitrogens is 1. The summed E-state index contributed by atoms with van der Waals surface area (Å²) in [6, 6.07) is 1.33. The second-order valence-electron chi connectivity index (χ2n) is 6.66. The molecule has 0 spiro atoms. The van der Waals surface area contributed by atoms with Gasteiger partial charge in [0.15, 0.2) is 5.82 Å². The predicted molar refractivity (Wildman–Crippen MR) is 84.2 cm³/mol. The molecule has 0 unspecified atom stereocenters. The molecule has 0 radical (unpaired) electrons. The number of piperidine rings is 1. The Morgan fingerprint density at radius 3 is 2.52 bits per heavy atom. The van der Waals surface area contributed by atoms with Crippen LogP contribution in [0, 0.1) is 6.92 Å². The molecule has 1 aromatic rings. The summed E-state index contributed by atoms with van der Waals surface area (Å²) in [7, 11) is 0. The molecule has 1 aliphatic heterocycles. The quantitative estimate of drug-likeness (QED) is 0.871. The van der Waals surface area contributed by atoms with Crippen molar-refractivity contribution >= 4 is 17.9 Å². The van der Waals surface area contributed by atoms with E-state index >= 15 is 0 Å². The highest BCUT2D eigenvalue weighted by atomic mass is 16.6. The third-order valence-electron chi connectivity index (χ3n) is 3.35. The van der Waals surface area contributed by atoms with Crippen molar-refractivity contribution in [2.75, 3.05) is 18.4 Å². The predicted octanol–water partition coefficient (Wildman–Crippen LogP) is 2.50. The van der Waals surface area contributed by atoms with Crippen LogP contribution in [0.25, 0.3) is 0 Å². The molecule has 2 N–H and O–H groups in total. The lowest BCUT2D eigenvalue weighted by Crippen LogP contribution is -2.48. The summed E-state index contributed by atoms with van der Waals surface area (Å²) in [6.07, 6.45) is 1.06. The first-order valence-electron chi connectivity index (χ1n) is 7.72. The number of nitrogens with one attached hydrogen (secondary N) is 2. The highest BCUT2D eigenvalue weighted by molar-refractivity contribution is 5.88. The van der Waals surface area contributed by atoms with Gasteiger partial charge in [0, 0.05) is 25.2 Å². The van der Waals surface area contributed by atoms with Gasteiger partial charge in [-0.15, -0.1) is 0 Å². The van der Waals surface area contributed by atoms with E-state index in [9.17, 15) is 9.59 Å². The largest absolute Gasteiger partial charge is 0.444 e. The number of rotatable bonds is 2. The molecule has 8 heteroatoms. The van der Waals surface area contributed by atoms with E-state index in [1.807, 2.05) is 20.8 Å². The van der Waals surface area contributed by atoms with Gasteiger partial charge in [0.1, 0.15) is 11.4 Å². The number of likely N-dealkylation sites (tertiary alicyclic amines) is 1. The smallest absolute Gasteiger partial charge is 0.410 e. The number of ether oxygens (including phenoxy) is 1. The molecule has 128 valence electrons. The average Bonchev–Trinajstić information content (AvgIpc) is 2.82. The number of amides is 3. The number of carbonyl (C=O) groups excluding carboxylic acids is 2. The molecular formula is C15H24N4O4. The molecule has 0 aromatic carbocycles. The molecular weight excluding hydrogens is 300 g/mol. The van der Waals surface area contributed by atoms with Crippen molar-refractivity contribution in [1.29, 1.82) is 0 Å². The van der Waals surface area contributed by atoms with E-state index in [-0.39, 0.29) is 18.2 Å². The number of nitrogens with zero attached hydrogens (tertiary/aromatic N) is 2. The van der Waals surface area contributed by atoms with E-state index in [1.54, 1.807) is 17.9 Å². The molecule has 1 saturated heterocycles. The van der Waals surface area contributed by atoms with Gasteiger partial charge in [0.25, 0.3) is 0 Å². The van der Waals surface area contributed by atoms with Crippen molar-refractivity contribution < 1.29 is 18.8 Å². The Hall–Kier alpha value is -2.25. The van der Waals surface area contributed by atoms with Gasteiger partial charge in [-0.3, -0.25) is 5.32 Å². The lowest BCUT2D eigenvalue weighted by molar-refractivity contribution is 0.0202. The van der Waals surface area contributed by atoms with Gasteiger partial charge >= 0.3 is 12.1 Å². The van der Waals surface area contributed by atoms with Crippen LogP contribution in [0.4, 0.5) is 15.4 Å². The summed E-state index contributed by atoms with van der Waals surface area (Å²) in [5.74, 6) is 1.01. The second-order valence-corrected chi connectivity index (χ2v) is 6.66. The second kappa shape index (κ2) is 6.89. The minimum atomic E-state index is -0.498. The molecule has 1 aromatic heterocycles. The van der Waals surface area contributed by atoms with Crippen LogP contribution in [0.3, 0.4) is 0 Å². The Labute approximate surface area is 135 Å². The average molecular weight is 324 g/mol. The Morgan fingerprint density at radius 1 is 1.35 bits per heavy atom. The first-order valence-corrected chi connectivity index (χ1v) is 7.72. The molecule has 2 heterocycles. The molecule has 8 nitrogen and oxygen atoms in total. The van der Waals surface area contributed by atoms with Crippen LogP contribution in [-0.4, -0.2) is 46.9 Å². The zero-order valence-electron chi connectivity index (χ0n) is 14.0. The van der Waals surface area contributed by atoms with Crippen LogP contribution in [-0.2, 0) is 4.74 Å². The summed E-state index contributed by atoms with van der Waals surface area (Å²) >= 11 is 0. The first kappa shape index (κ1) is 17.1.